The van der Waals surface area contributed by atoms with Gasteiger partial charge in [0.2, 0.25) is 0 Å². The van der Waals surface area contributed by atoms with Crippen molar-refractivity contribution in [2.24, 2.45) is 10.2 Å². The Hall–Kier alpha value is -5.72. The average molecular weight is 595 g/mol. The number of para-hydroxylation sites is 2. The summed E-state index contributed by atoms with van der Waals surface area (Å²) in [6.07, 6.45) is 1.43. The molecule has 1 aliphatic rings. The SMILES string of the molecule is O=C(N/N=C\c1ccc(O[C@@H]2OCCO[C@H]2Oc2ccc(/C=N\NC(=O)Nc3ccccc3)cc2)cc1)Nc1ccccc1. The van der Waals surface area contributed by atoms with E-state index in [1.165, 1.54) is 12.4 Å². The first-order valence-corrected chi connectivity index (χ1v) is 13.7. The highest BCUT2D eigenvalue weighted by molar-refractivity contribution is 5.91. The zero-order valence-electron chi connectivity index (χ0n) is 23.5. The van der Waals surface area contributed by atoms with Crippen LogP contribution < -0.4 is 31.0 Å². The number of anilines is 2. The number of hydrogen-bond acceptors (Lipinski definition) is 8. The Kier molecular flexibility index (Phi) is 10.5. The minimum atomic E-state index is -0.805. The molecular weight excluding hydrogens is 564 g/mol. The Labute approximate surface area is 253 Å². The number of hydrogen-bond donors (Lipinski definition) is 4. The Morgan fingerprint density at radius 1 is 0.591 bits per heavy atom. The molecular formula is C32H30N6O6. The molecule has 1 heterocycles. The predicted octanol–water partition coefficient (Wildman–Crippen LogP) is 5.15. The van der Waals surface area contributed by atoms with Crippen LogP contribution in [-0.2, 0) is 9.47 Å². The van der Waals surface area contributed by atoms with E-state index in [4.69, 9.17) is 18.9 Å². The standard InChI is InChI=1S/C32H30N6O6/c39-31(35-25-7-3-1-4-8-25)37-33-21-23-11-15-27(16-12-23)43-29-30(42-20-19-41-29)44-28-17-13-24(14-18-28)22-34-38-32(40)36-26-9-5-2-6-10-26/h1-18,21-22,29-30H,19-20H2,(H2,35,37,39)(H2,36,38,40)/b33-21-,34-22-/t29-,30-/m0/s1. The van der Waals surface area contributed by atoms with Gasteiger partial charge >= 0.3 is 12.1 Å². The molecule has 4 N–H and O–H groups in total. The molecule has 1 fully saturated rings. The van der Waals surface area contributed by atoms with Gasteiger partial charge in [-0.15, -0.1) is 0 Å². The summed E-state index contributed by atoms with van der Waals surface area (Å²) in [5.41, 5.74) is 7.68. The summed E-state index contributed by atoms with van der Waals surface area (Å²) in [5, 5.41) is 13.3. The van der Waals surface area contributed by atoms with Gasteiger partial charge in [0.15, 0.2) is 0 Å². The maximum absolute atomic E-state index is 12.0. The fourth-order valence-corrected chi connectivity index (χ4v) is 3.89. The van der Waals surface area contributed by atoms with Gasteiger partial charge < -0.3 is 29.6 Å². The monoisotopic (exact) mass is 594 g/mol. The quantitative estimate of drug-likeness (QED) is 0.148. The molecule has 0 radical (unpaired) electrons. The Bertz CT molecular complexity index is 1430. The van der Waals surface area contributed by atoms with Crippen molar-refractivity contribution in [1.82, 2.24) is 10.9 Å². The van der Waals surface area contributed by atoms with E-state index in [0.717, 1.165) is 11.1 Å². The van der Waals surface area contributed by atoms with Crippen molar-refractivity contribution in [3.05, 3.63) is 120 Å². The highest BCUT2D eigenvalue weighted by Gasteiger charge is 2.31. The maximum Gasteiger partial charge on any atom is 0.339 e. The smallest absolute Gasteiger partial charge is 0.339 e. The normalized spacial score (nSPS) is 16.3. The molecule has 2 atom stereocenters. The van der Waals surface area contributed by atoms with Crippen molar-refractivity contribution in [1.29, 1.82) is 0 Å². The molecule has 12 heteroatoms. The van der Waals surface area contributed by atoms with Crippen molar-refractivity contribution in [2.75, 3.05) is 23.8 Å². The second-order valence-electron chi connectivity index (χ2n) is 9.23. The zero-order chi connectivity index (χ0) is 30.4. The molecule has 44 heavy (non-hydrogen) atoms. The van der Waals surface area contributed by atoms with Gasteiger partial charge in [0.1, 0.15) is 11.5 Å². The first-order valence-electron chi connectivity index (χ1n) is 13.7. The minimum Gasteiger partial charge on any atom is -0.458 e. The molecule has 12 nitrogen and oxygen atoms in total. The lowest BCUT2D eigenvalue weighted by atomic mass is 10.2. The van der Waals surface area contributed by atoms with Crippen LogP contribution in [0.4, 0.5) is 21.0 Å². The van der Waals surface area contributed by atoms with Crippen LogP contribution in [0.5, 0.6) is 11.5 Å². The Morgan fingerprint density at radius 2 is 0.977 bits per heavy atom. The molecule has 0 spiro atoms. The van der Waals surface area contributed by atoms with Crippen LogP contribution in [0, 0.1) is 0 Å². The van der Waals surface area contributed by atoms with Gasteiger partial charge in [-0.25, -0.2) is 20.4 Å². The first kappa shape index (κ1) is 29.8. The molecule has 4 aromatic rings. The number of rotatable bonds is 10. The number of nitrogens with zero attached hydrogens (tertiary/aromatic N) is 2. The fraction of sp³-hybridized carbons (Fsp3) is 0.125. The van der Waals surface area contributed by atoms with Crippen LogP contribution >= 0.6 is 0 Å². The average Bonchev–Trinajstić information content (AvgIpc) is 3.04. The minimum absolute atomic E-state index is 0.353. The molecule has 1 aliphatic heterocycles. The van der Waals surface area contributed by atoms with E-state index in [9.17, 15) is 9.59 Å². The van der Waals surface area contributed by atoms with Crippen molar-refractivity contribution >= 4 is 35.9 Å². The second-order valence-corrected chi connectivity index (χ2v) is 9.23. The van der Waals surface area contributed by atoms with E-state index >= 15 is 0 Å². The molecule has 5 rings (SSSR count). The lowest BCUT2D eigenvalue weighted by Gasteiger charge is -2.31. The highest BCUT2D eigenvalue weighted by atomic mass is 16.8. The zero-order valence-corrected chi connectivity index (χ0v) is 23.5. The first-order chi connectivity index (χ1) is 21.6. The third-order valence-corrected chi connectivity index (χ3v) is 5.96. The summed E-state index contributed by atoms with van der Waals surface area (Å²) in [6, 6.07) is 31.4. The van der Waals surface area contributed by atoms with E-state index in [1.54, 1.807) is 72.8 Å². The van der Waals surface area contributed by atoms with Crippen LogP contribution in [0.3, 0.4) is 0 Å². The topological polar surface area (TPSA) is 144 Å². The number of benzene rings is 4. The lowest BCUT2D eigenvalue weighted by molar-refractivity contribution is -0.271. The van der Waals surface area contributed by atoms with Crippen LogP contribution in [0.2, 0.25) is 0 Å². The number of amides is 4. The van der Waals surface area contributed by atoms with Gasteiger partial charge in [0.05, 0.1) is 25.6 Å². The number of urea groups is 2. The lowest BCUT2D eigenvalue weighted by Crippen LogP contribution is -2.45. The van der Waals surface area contributed by atoms with Gasteiger partial charge in [-0.05, 0) is 83.9 Å². The van der Waals surface area contributed by atoms with Crippen LogP contribution in [-0.4, -0.2) is 50.3 Å². The van der Waals surface area contributed by atoms with Crippen LogP contribution in [0.15, 0.2) is 119 Å². The fourth-order valence-electron chi connectivity index (χ4n) is 3.89. The molecule has 4 aromatic carbocycles. The molecule has 1 saturated heterocycles. The summed E-state index contributed by atoms with van der Waals surface area (Å²) in [6.45, 7) is 0.707. The molecule has 0 aromatic heterocycles. The van der Waals surface area contributed by atoms with Gasteiger partial charge in [0.25, 0.3) is 12.6 Å². The Morgan fingerprint density at radius 3 is 1.36 bits per heavy atom. The van der Waals surface area contributed by atoms with Crippen molar-refractivity contribution < 1.29 is 28.5 Å². The predicted molar refractivity (Wildman–Crippen MR) is 166 cm³/mol. The van der Waals surface area contributed by atoms with Gasteiger partial charge in [-0.2, -0.15) is 10.2 Å². The van der Waals surface area contributed by atoms with Crippen LogP contribution in [0.1, 0.15) is 11.1 Å². The van der Waals surface area contributed by atoms with E-state index in [-0.39, 0.29) is 0 Å². The summed E-state index contributed by atoms with van der Waals surface area (Å²) in [5.74, 6) is 1.08. The number of ether oxygens (including phenoxy) is 4. The third kappa shape index (κ3) is 9.41. The van der Waals surface area contributed by atoms with Crippen LogP contribution in [0.25, 0.3) is 0 Å². The molecule has 0 aliphatic carbocycles. The largest absolute Gasteiger partial charge is 0.458 e. The number of hydrazone groups is 2. The van der Waals surface area contributed by atoms with Crippen molar-refractivity contribution in [2.45, 2.75) is 12.6 Å². The summed E-state index contributed by atoms with van der Waals surface area (Å²) < 4.78 is 23.5. The highest BCUT2D eigenvalue weighted by Crippen LogP contribution is 2.22. The molecule has 0 unspecified atom stereocenters. The molecule has 4 amide bonds. The molecule has 0 bridgehead atoms. The molecule has 0 saturated carbocycles. The van der Waals surface area contributed by atoms with Gasteiger partial charge in [0, 0.05) is 11.4 Å². The van der Waals surface area contributed by atoms with E-state index < -0.39 is 24.6 Å². The van der Waals surface area contributed by atoms with E-state index in [1.807, 2.05) is 36.4 Å². The van der Waals surface area contributed by atoms with E-state index in [0.29, 0.717) is 36.1 Å². The van der Waals surface area contributed by atoms with Crippen molar-refractivity contribution in [3.63, 3.8) is 0 Å². The maximum atomic E-state index is 12.0. The van der Waals surface area contributed by atoms with Gasteiger partial charge in [-0.1, -0.05) is 36.4 Å². The number of carbonyl (C=O) groups excluding carboxylic acids is 2. The summed E-state index contributed by atoms with van der Waals surface area (Å²) in [4.78, 5) is 23.9. The summed E-state index contributed by atoms with van der Waals surface area (Å²) >= 11 is 0. The van der Waals surface area contributed by atoms with E-state index in [2.05, 4.69) is 31.7 Å². The number of carbonyl (C=O) groups is 2. The second kappa shape index (κ2) is 15.5. The van der Waals surface area contributed by atoms with Crippen molar-refractivity contribution in [3.8, 4) is 11.5 Å². The third-order valence-electron chi connectivity index (χ3n) is 5.96. The summed E-state index contributed by atoms with van der Waals surface area (Å²) in [7, 11) is 0. The Balaban J connectivity index is 1.08. The van der Waals surface area contributed by atoms with Gasteiger partial charge in [-0.3, -0.25) is 0 Å². The molecule has 224 valence electrons. The number of nitrogens with one attached hydrogen (secondary N) is 4.